The fourth-order valence-electron chi connectivity index (χ4n) is 1.58. The molecule has 0 radical (unpaired) electrons. The first kappa shape index (κ1) is 12.2. The molecule has 6 nitrogen and oxygen atoms in total. The lowest BCUT2D eigenvalue weighted by molar-refractivity contribution is 0.889. The molecule has 0 heterocycles. The normalized spacial score (nSPS) is 15.2. The molecule has 1 fully saturated rings. The lowest BCUT2D eigenvalue weighted by Gasteiger charge is -2.08. The highest BCUT2D eigenvalue weighted by Crippen LogP contribution is 2.31. The van der Waals surface area contributed by atoms with Crippen LogP contribution >= 0.6 is 0 Å². The van der Waals surface area contributed by atoms with Gasteiger partial charge in [-0.25, -0.2) is 4.99 Å². The third kappa shape index (κ3) is 3.65. The maximum atomic E-state index is 5.62. The van der Waals surface area contributed by atoms with Crippen LogP contribution < -0.4 is 22.5 Å². The number of aliphatic imine (C=N–C) groups is 2. The third-order valence-corrected chi connectivity index (χ3v) is 2.66. The largest absolute Gasteiger partial charge is 0.383 e. The molecule has 1 aromatic carbocycles. The maximum Gasteiger partial charge on any atom is 0.223 e. The van der Waals surface area contributed by atoms with Crippen molar-refractivity contribution in [2.24, 2.45) is 33.1 Å². The zero-order valence-electron chi connectivity index (χ0n) is 10.1. The van der Waals surface area contributed by atoms with Crippen molar-refractivity contribution >= 4 is 23.3 Å². The van der Waals surface area contributed by atoms with Gasteiger partial charge in [0.25, 0.3) is 0 Å². The summed E-state index contributed by atoms with van der Waals surface area (Å²) >= 11 is 0. The Labute approximate surface area is 106 Å². The minimum Gasteiger partial charge on any atom is -0.383 e. The Morgan fingerprint density at radius 2 is 1.94 bits per heavy atom. The molecular formula is C12H18N6. The highest BCUT2D eigenvalue weighted by Gasteiger charge is 2.20. The van der Waals surface area contributed by atoms with Crippen LogP contribution in [0.4, 0.5) is 11.4 Å². The molecule has 6 heteroatoms. The van der Waals surface area contributed by atoms with Crippen LogP contribution in [0.3, 0.4) is 0 Å². The van der Waals surface area contributed by atoms with E-state index in [0.717, 1.165) is 23.8 Å². The van der Waals surface area contributed by atoms with Gasteiger partial charge < -0.3 is 22.5 Å². The molecule has 1 aliphatic carbocycles. The van der Waals surface area contributed by atoms with Gasteiger partial charge in [-0.05, 0) is 30.9 Å². The van der Waals surface area contributed by atoms with Crippen molar-refractivity contribution in [3.8, 4) is 0 Å². The molecule has 1 aliphatic rings. The first-order chi connectivity index (χ1) is 8.65. The van der Waals surface area contributed by atoms with E-state index in [1.54, 1.807) is 0 Å². The van der Waals surface area contributed by atoms with Crippen LogP contribution in [0, 0.1) is 5.92 Å². The van der Waals surface area contributed by atoms with Crippen molar-refractivity contribution in [2.75, 3.05) is 11.9 Å². The molecule has 0 aliphatic heterocycles. The van der Waals surface area contributed by atoms with Gasteiger partial charge in [-0.3, -0.25) is 0 Å². The van der Waals surface area contributed by atoms with Crippen molar-refractivity contribution in [3.05, 3.63) is 24.3 Å². The summed E-state index contributed by atoms with van der Waals surface area (Å²) in [5, 5.41) is 3.36. The van der Waals surface area contributed by atoms with Crippen molar-refractivity contribution in [1.29, 1.82) is 0 Å². The average molecular weight is 246 g/mol. The highest BCUT2D eigenvalue weighted by molar-refractivity contribution is 5.94. The standard InChI is InChI=1S/C12H18N6/c13-11(14)18-12(15)17-10-4-2-1-3-9(10)16-7-8-5-6-8/h1-4,8,16H,5-7H2,(H6,13,14,15,17,18). The fourth-order valence-corrected chi connectivity index (χ4v) is 1.58. The Balaban J connectivity index is 2.12. The Bertz CT molecular complexity index is 471. The van der Waals surface area contributed by atoms with Crippen LogP contribution in [0.25, 0.3) is 0 Å². The van der Waals surface area contributed by atoms with Crippen LogP contribution in [0.2, 0.25) is 0 Å². The first-order valence-electron chi connectivity index (χ1n) is 5.92. The first-order valence-corrected chi connectivity index (χ1v) is 5.92. The number of hydrogen-bond acceptors (Lipinski definition) is 2. The van der Waals surface area contributed by atoms with E-state index in [1.807, 2.05) is 24.3 Å². The van der Waals surface area contributed by atoms with Crippen LogP contribution in [0.5, 0.6) is 0 Å². The summed E-state index contributed by atoms with van der Waals surface area (Å²) < 4.78 is 0. The Kier molecular flexibility index (Phi) is 3.66. The number of anilines is 1. The molecule has 0 atom stereocenters. The zero-order chi connectivity index (χ0) is 13.0. The van der Waals surface area contributed by atoms with Gasteiger partial charge in [0, 0.05) is 6.54 Å². The van der Waals surface area contributed by atoms with Crippen molar-refractivity contribution in [2.45, 2.75) is 12.8 Å². The van der Waals surface area contributed by atoms with Gasteiger partial charge in [0.1, 0.15) is 0 Å². The molecule has 7 N–H and O–H groups in total. The number of hydrogen-bond donors (Lipinski definition) is 4. The minimum absolute atomic E-state index is 0.0515. The van der Waals surface area contributed by atoms with E-state index in [-0.39, 0.29) is 11.9 Å². The number of nitrogens with two attached hydrogens (primary N) is 3. The SMILES string of the molecule is NC(N)=NC(N)=Nc1ccccc1NCC1CC1. The van der Waals surface area contributed by atoms with Gasteiger partial charge in [-0.15, -0.1) is 0 Å². The number of nitrogens with one attached hydrogen (secondary N) is 1. The Morgan fingerprint density at radius 1 is 1.22 bits per heavy atom. The van der Waals surface area contributed by atoms with Gasteiger partial charge in [0.2, 0.25) is 5.96 Å². The number of guanidine groups is 2. The summed E-state index contributed by atoms with van der Waals surface area (Å²) in [5.74, 6) is 0.743. The minimum atomic E-state index is -0.0975. The summed E-state index contributed by atoms with van der Waals surface area (Å²) in [6.45, 7) is 0.967. The van der Waals surface area contributed by atoms with Gasteiger partial charge in [0.15, 0.2) is 5.96 Å². The van der Waals surface area contributed by atoms with Gasteiger partial charge in [-0.1, -0.05) is 12.1 Å². The van der Waals surface area contributed by atoms with Crippen LogP contribution in [0.1, 0.15) is 12.8 Å². The van der Waals surface area contributed by atoms with E-state index < -0.39 is 0 Å². The van der Waals surface area contributed by atoms with Gasteiger partial charge in [-0.2, -0.15) is 4.99 Å². The van der Waals surface area contributed by atoms with Crippen LogP contribution in [0.15, 0.2) is 34.3 Å². The predicted octanol–water partition coefficient (Wildman–Crippen LogP) is 0.728. The summed E-state index contributed by atoms with van der Waals surface area (Å²) in [6.07, 6.45) is 2.60. The fraction of sp³-hybridized carbons (Fsp3) is 0.333. The monoisotopic (exact) mass is 246 g/mol. The van der Waals surface area contributed by atoms with Gasteiger partial charge >= 0.3 is 0 Å². The molecule has 0 bridgehead atoms. The summed E-state index contributed by atoms with van der Waals surface area (Å²) in [6, 6.07) is 7.67. The highest BCUT2D eigenvalue weighted by atomic mass is 15.1. The molecule has 1 saturated carbocycles. The number of nitrogens with zero attached hydrogens (tertiary/aromatic N) is 2. The van der Waals surface area contributed by atoms with Crippen molar-refractivity contribution in [1.82, 2.24) is 0 Å². The third-order valence-electron chi connectivity index (χ3n) is 2.66. The molecule has 2 rings (SSSR count). The van der Waals surface area contributed by atoms with Crippen molar-refractivity contribution in [3.63, 3.8) is 0 Å². The lowest BCUT2D eigenvalue weighted by atomic mass is 10.2. The topological polar surface area (TPSA) is 115 Å². The number of para-hydroxylation sites is 2. The molecule has 1 aromatic rings. The Hall–Kier alpha value is -2.24. The number of benzene rings is 1. The van der Waals surface area contributed by atoms with E-state index in [4.69, 9.17) is 17.2 Å². The molecular weight excluding hydrogens is 228 g/mol. The second-order valence-electron chi connectivity index (χ2n) is 4.35. The summed E-state index contributed by atoms with van der Waals surface area (Å²) in [4.78, 5) is 7.88. The van der Waals surface area contributed by atoms with Crippen LogP contribution in [-0.4, -0.2) is 18.5 Å². The van der Waals surface area contributed by atoms with Gasteiger partial charge in [0.05, 0.1) is 11.4 Å². The molecule has 0 unspecified atom stereocenters. The number of rotatable bonds is 4. The van der Waals surface area contributed by atoms with Crippen LogP contribution in [-0.2, 0) is 0 Å². The molecule has 0 saturated heterocycles. The smallest absolute Gasteiger partial charge is 0.223 e. The van der Waals surface area contributed by atoms with E-state index in [1.165, 1.54) is 12.8 Å². The van der Waals surface area contributed by atoms with E-state index >= 15 is 0 Å². The average Bonchev–Trinajstić information content (AvgIpc) is 3.10. The second-order valence-corrected chi connectivity index (χ2v) is 4.35. The molecule has 0 spiro atoms. The van der Waals surface area contributed by atoms with Crippen molar-refractivity contribution < 1.29 is 0 Å². The molecule has 18 heavy (non-hydrogen) atoms. The summed E-state index contributed by atoms with van der Waals surface area (Å²) in [5.41, 5.74) is 17.8. The zero-order valence-corrected chi connectivity index (χ0v) is 10.1. The molecule has 0 amide bonds. The lowest BCUT2D eigenvalue weighted by Crippen LogP contribution is -2.26. The quantitative estimate of drug-likeness (QED) is 0.463. The van der Waals surface area contributed by atoms with E-state index in [9.17, 15) is 0 Å². The van der Waals surface area contributed by atoms with E-state index in [0.29, 0.717) is 0 Å². The maximum absolute atomic E-state index is 5.62. The Morgan fingerprint density at radius 3 is 2.61 bits per heavy atom. The molecule has 0 aromatic heterocycles. The summed E-state index contributed by atoms with van der Waals surface area (Å²) in [7, 11) is 0. The predicted molar refractivity (Wildman–Crippen MR) is 74.7 cm³/mol. The second kappa shape index (κ2) is 5.39. The van der Waals surface area contributed by atoms with E-state index in [2.05, 4.69) is 15.3 Å². The molecule has 96 valence electrons.